The topological polar surface area (TPSA) is 66.8 Å². The predicted molar refractivity (Wildman–Crippen MR) is 74.2 cm³/mol. The summed E-state index contributed by atoms with van der Waals surface area (Å²) in [5.41, 5.74) is 2.10. The molecule has 1 N–H and O–H groups in total. The Kier molecular flexibility index (Phi) is 4.53. The molecule has 1 atom stereocenters. The van der Waals surface area contributed by atoms with E-state index in [0.717, 1.165) is 11.1 Å². The van der Waals surface area contributed by atoms with Crippen molar-refractivity contribution in [1.82, 2.24) is 4.90 Å². The summed E-state index contributed by atoms with van der Waals surface area (Å²) in [4.78, 5) is 24.3. The molecule has 0 radical (unpaired) electrons. The van der Waals surface area contributed by atoms with Gasteiger partial charge in [0.05, 0.1) is 13.2 Å². The molecule has 0 aromatic heterocycles. The van der Waals surface area contributed by atoms with Gasteiger partial charge >= 0.3 is 5.97 Å². The molecular formula is C15H17NO4. The lowest BCUT2D eigenvalue weighted by Gasteiger charge is -2.30. The zero-order valence-electron chi connectivity index (χ0n) is 11.3. The van der Waals surface area contributed by atoms with Gasteiger partial charge in [-0.1, -0.05) is 29.8 Å². The standard InChI is InChI=1S/C15H17NO4/c1-11-2-4-12(5-3-11)6-7-14(17)16-8-9-20-13(10-16)15(18)19/h2-7,13H,8-10H2,1H3,(H,18,19)/b7-6+/t13-/m1/s1. The van der Waals surface area contributed by atoms with E-state index in [1.807, 2.05) is 31.2 Å². The van der Waals surface area contributed by atoms with Crippen LogP contribution in [-0.2, 0) is 14.3 Å². The number of nitrogens with zero attached hydrogens (tertiary/aromatic N) is 1. The molecular weight excluding hydrogens is 258 g/mol. The average molecular weight is 275 g/mol. The Morgan fingerprint density at radius 2 is 2.05 bits per heavy atom. The lowest BCUT2D eigenvalue weighted by atomic mass is 10.1. The Morgan fingerprint density at radius 3 is 2.70 bits per heavy atom. The summed E-state index contributed by atoms with van der Waals surface area (Å²) in [6.07, 6.45) is 2.27. The van der Waals surface area contributed by atoms with E-state index in [4.69, 9.17) is 9.84 Å². The number of aliphatic carboxylic acids is 1. The maximum absolute atomic E-state index is 12.0. The number of benzene rings is 1. The molecule has 5 nitrogen and oxygen atoms in total. The number of carboxylic acids is 1. The molecule has 0 bridgehead atoms. The first-order valence-corrected chi connectivity index (χ1v) is 6.44. The Labute approximate surface area is 117 Å². The maximum atomic E-state index is 12.0. The van der Waals surface area contributed by atoms with Gasteiger partial charge in [-0.3, -0.25) is 4.79 Å². The first kappa shape index (κ1) is 14.3. The first-order valence-electron chi connectivity index (χ1n) is 6.44. The summed E-state index contributed by atoms with van der Waals surface area (Å²) in [5.74, 6) is -1.23. The van der Waals surface area contributed by atoms with Gasteiger partial charge in [0.15, 0.2) is 6.10 Å². The predicted octanol–water partition coefficient (Wildman–Crippen LogP) is 1.32. The summed E-state index contributed by atoms with van der Waals surface area (Å²) < 4.78 is 5.08. The number of aryl methyl sites for hydroxylation is 1. The third-order valence-electron chi connectivity index (χ3n) is 3.15. The van der Waals surface area contributed by atoms with Crippen molar-refractivity contribution in [2.24, 2.45) is 0 Å². The molecule has 1 aromatic rings. The second-order valence-electron chi connectivity index (χ2n) is 4.73. The second-order valence-corrected chi connectivity index (χ2v) is 4.73. The molecule has 0 saturated carbocycles. The quantitative estimate of drug-likeness (QED) is 0.845. The summed E-state index contributed by atoms with van der Waals surface area (Å²) in [6.45, 7) is 2.76. The maximum Gasteiger partial charge on any atom is 0.334 e. The minimum atomic E-state index is -1.04. The number of rotatable bonds is 3. The molecule has 1 aliphatic heterocycles. The van der Waals surface area contributed by atoms with Crippen molar-refractivity contribution >= 4 is 18.0 Å². The van der Waals surface area contributed by atoms with E-state index < -0.39 is 12.1 Å². The van der Waals surface area contributed by atoms with Crippen LogP contribution in [0.25, 0.3) is 6.08 Å². The van der Waals surface area contributed by atoms with Gasteiger partial charge in [-0.2, -0.15) is 0 Å². The van der Waals surface area contributed by atoms with Crippen molar-refractivity contribution < 1.29 is 19.4 Å². The van der Waals surface area contributed by atoms with Crippen LogP contribution in [0.3, 0.4) is 0 Å². The summed E-state index contributed by atoms with van der Waals surface area (Å²) >= 11 is 0. The molecule has 1 amide bonds. The van der Waals surface area contributed by atoms with Crippen LogP contribution >= 0.6 is 0 Å². The molecule has 20 heavy (non-hydrogen) atoms. The minimum absolute atomic E-state index is 0.0897. The number of ether oxygens (including phenoxy) is 1. The molecule has 1 heterocycles. The molecule has 2 rings (SSSR count). The summed E-state index contributed by atoms with van der Waals surface area (Å²) in [7, 11) is 0. The summed E-state index contributed by atoms with van der Waals surface area (Å²) in [5, 5.41) is 8.89. The average Bonchev–Trinajstić information content (AvgIpc) is 2.46. The van der Waals surface area contributed by atoms with Crippen LogP contribution < -0.4 is 0 Å². The second kappa shape index (κ2) is 6.34. The molecule has 1 saturated heterocycles. The Morgan fingerprint density at radius 1 is 1.35 bits per heavy atom. The van der Waals surface area contributed by atoms with Crippen molar-refractivity contribution in [2.45, 2.75) is 13.0 Å². The summed E-state index contributed by atoms with van der Waals surface area (Å²) in [6, 6.07) is 7.80. The highest BCUT2D eigenvalue weighted by atomic mass is 16.5. The molecule has 106 valence electrons. The van der Waals surface area contributed by atoms with Gasteiger partial charge in [0.2, 0.25) is 5.91 Å². The van der Waals surface area contributed by atoms with Crippen molar-refractivity contribution in [3.8, 4) is 0 Å². The largest absolute Gasteiger partial charge is 0.479 e. The molecule has 1 aliphatic rings. The fraction of sp³-hybridized carbons (Fsp3) is 0.333. The third kappa shape index (κ3) is 3.68. The molecule has 0 unspecified atom stereocenters. The van der Waals surface area contributed by atoms with Gasteiger partial charge in [0.1, 0.15) is 0 Å². The van der Waals surface area contributed by atoms with E-state index in [1.54, 1.807) is 6.08 Å². The van der Waals surface area contributed by atoms with Crippen molar-refractivity contribution in [3.63, 3.8) is 0 Å². The normalized spacial score (nSPS) is 19.2. The highest BCUT2D eigenvalue weighted by Crippen LogP contribution is 2.09. The van der Waals surface area contributed by atoms with Gasteiger partial charge in [0.25, 0.3) is 0 Å². The van der Waals surface area contributed by atoms with E-state index in [1.165, 1.54) is 11.0 Å². The fourth-order valence-corrected chi connectivity index (χ4v) is 1.95. The number of carbonyl (C=O) groups excluding carboxylic acids is 1. The van der Waals surface area contributed by atoms with Crippen LogP contribution in [0.15, 0.2) is 30.3 Å². The smallest absolute Gasteiger partial charge is 0.334 e. The van der Waals surface area contributed by atoms with Crippen LogP contribution in [0, 0.1) is 6.92 Å². The van der Waals surface area contributed by atoms with Crippen molar-refractivity contribution in [3.05, 3.63) is 41.5 Å². The van der Waals surface area contributed by atoms with E-state index in [9.17, 15) is 9.59 Å². The van der Waals surface area contributed by atoms with Gasteiger partial charge in [0, 0.05) is 12.6 Å². The number of carboxylic acid groups (broad SMARTS) is 1. The highest BCUT2D eigenvalue weighted by molar-refractivity contribution is 5.92. The van der Waals surface area contributed by atoms with E-state index >= 15 is 0 Å². The SMILES string of the molecule is Cc1ccc(/C=C/C(=O)N2CCO[C@@H](C(=O)O)C2)cc1. The minimum Gasteiger partial charge on any atom is -0.479 e. The molecule has 5 heteroatoms. The lowest BCUT2D eigenvalue weighted by molar-refractivity contribution is -0.158. The van der Waals surface area contributed by atoms with Crippen LogP contribution in [0.5, 0.6) is 0 Å². The van der Waals surface area contributed by atoms with Gasteiger partial charge in [-0.05, 0) is 18.6 Å². The number of morpholine rings is 1. The third-order valence-corrected chi connectivity index (χ3v) is 3.15. The van der Waals surface area contributed by atoms with E-state index in [0.29, 0.717) is 6.54 Å². The van der Waals surface area contributed by atoms with Crippen LogP contribution in [0.2, 0.25) is 0 Å². The van der Waals surface area contributed by atoms with E-state index in [2.05, 4.69) is 0 Å². The Balaban J connectivity index is 1.97. The van der Waals surface area contributed by atoms with Gasteiger partial charge in [-0.25, -0.2) is 4.79 Å². The van der Waals surface area contributed by atoms with Gasteiger partial charge < -0.3 is 14.7 Å². The first-order chi connectivity index (χ1) is 9.56. The zero-order valence-corrected chi connectivity index (χ0v) is 11.3. The number of carbonyl (C=O) groups is 2. The lowest BCUT2D eigenvalue weighted by Crippen LogP contribution is -2.48. The molecule has 0 aliphatic carbocycles. The monoisotopic (exact) mass is 275 g/mol. The molecule has 1 aromatic carbocycles. The highest BCUT2D eigenvalue weighted by Gasteiger charge is 2.27. The van der Waals surface area contributed by atoms with Gasteiger partial charge in [-0.15, -0.1) is 0 Å². The van der Waals surface area contributed by atoms with E-state index in [-0.39, 0.29) is 19.1 Å². The van der Waals surface area contributed by atoms with Crippen LogP contribution in [0.1, 0.15) is 11.1 Å². The van der Waals surface area contributed by atoms with Crippen LogP contribution in [0.4, 0.5) is 0 Å². The van der Waals surface area contributed by atoms with Crippen molar-refractivity contribution in [1.29, 1.82) is 0 Å². The molecule has 1 fully saturated rings. The fourth-order valence-electron chi connectivity index (χ4n) is 1.95. The van der Waals surface area contributed by atoms with Crippen LogP contribution in [-0.4, -0.2) is 47.7 Å². The van der Waals surface area contributed by atoms with Crippen molar-refractivity contribution in [2.75, 3.05) is 19.7 Å². The number of amides is 1. The Hall–Kier alpha value is -2.14. The zero-order chi connectivity index (χ0) is 14.5. The number of hydrogen-bond acceptors (Lipinski definition) is 3. The Bertz CT molecular complexity index is 521. The number of hydrogen-bond donors (Lipinski definition) is 1. The molecule has 0 spiro atoms.